The molecule has 1 unspecified atom stereocenters. The molecule has 0 radical (unpaired) electrons. The van der Waals surface area contributed by atoms with Gasteiger partial charge in [0.15, 0.2) is 0 Å². The highest BCUT2D eigenvalue weighted by Crippen LogP contribution is 2.23. The summed E-state index contributed by atoms with van der Waals surface area (Å²) < 4.78 is 2.20. The van der Waals surface area contributed by atoms with E-state index in [1.54, 1.807) is 12.4 Å². The SMILES string of the molecule is CC(Cl)c1nc2cnccc2n1CCN(C)C(C)C. The minimum Gasteiger partial charge on any atom is -0.325 e. The van der Waals surface area contributed by atoms with Crippen molar-refractivity contribution in [3.63, 3.8) is 0 Å². The smallest absolute Gasteiger partial charge is 0.127 e. The van der Waals surface area contributed by atoms with E-state index in [2.05, 4.69) is 40.3 Å². The van der Waals surface area contributed by atoms with Crippen LogP contribution in [0.4, 0.5) is 0 Å². The molecular weight excluding hydrogens is 260 g/mol. The average Bonchev–Trinajstić information content (AvgIpc) is 2.74. The number of hydrogen-bond acceptors (Lipinski definition) is 3. The monoisotopic (exact) mass is 280 g/mol. The summed E-state index contributed by atoms with van der Waals surface area (Å²) >= 11 is 6.24. The van der Waals surface area contributed by atoms with Crippen molar-refractivity contribution in [3.8, 4) is 0 Å². The minimum atomic E-state index is -0.100. The highest BCUT2D eigenvalue weighted by atomic mass is 35.5. The maximum atomic E-state index is 6.24. The van der Waals surface area contributed by atoms with E-state index in [0.717, 1.165) is 29.9 Å². The molecule has 2 aromatic heterocycles. The minimum absolute atomic E-state index is 0.100. The fraction of sp³-hybridized carbons (Fsp3) is 0.571. The van der Waals surface area contributed by atoms with Crippen molar-refractivity contribution in [1.82, 2.24) is 19.4 Å². The van der Waals surface area contributed by atoms with Crippen molar-refractivity contribution >= 4 is 22.6 Å². The van der Waals surface area contributed by atoms with Crippen LogP contribution in [-0.4, -0.2) is 39.1 Å². The molecule has 0 N–H and O–H groups in total. The summed E-state index contributed by atoms with van der Waals surface area (Å²) in [5.74, 6) is 0.918. The Hall–Kier alpha value is -1.13. The van der Waals surface area contributed by atoms with Crippen molar-refractivity contribution in [2.75, 3.05) is 13.6 Å². The van der Waals surface area contributed by atoms with Crippen LogP contribution in [-0.2, 0) is 6.54 Å². The van der Waals surface area contributed by atoms with Gasteiger partial charge < -0.3 is 9.47 Å². The van der Waals surface area contributed by atoms with Crippen LogP contribution >= 0.6 is 11.6 Å². The lowest BCUT2D eigenvalue weighted by Crippen LogP contribution is -2.30. The number of fused-ring (bicyclic) bond motifs is 1. The van der Waals surface area contributed by atoms with Gasteiger partial charge in [-0.15, -0.1) is 11.6 Å². The molecule has 0 aromatic carbocycles. The van der Waals surface area contributed by atoms with Gasteiger partial charge in [0, 0.05) is 25.3 Å². The molecule has 0 saturated carbocycles. The van der Waals surface area contributed by atoms with Gasteiger partial charge in [-0.1, -0.05) is 0 Å². The molecule has 2 rings (SSSR count). The number of imidazole rings is 1. The normalized spacial score (nSPS) is 13.6. The molecule has 0 aliphatic carbocycles. The molecular formula is C14H21ClN4. The highest BCUT2D eigenvalue weighted by molar-refractivity contribution is 6.20. The van der Waals surface area contributed by atoms with Crippen LogP contribution in [0.25, 0.3) is 11.0 Å². The summed E-state index contributed by atoms with van der Waals surface area (Å²) in [4.78, 5) is 11.0. The maximum Gasteiger partial charge on any atom is 0.127 e. The van der Waals surface area contributed by atoms with Gasteiger partial charge >= 0.3 is 0 Å². The molecule has 19 heavy (non-hydrogen) atoms. The molecule has 0 amide bonds. The van der Waals surface area contributed by atoms with E-state index in [4.69, 9.17) is 11.6 Å². The molecule has 2 heterocycles. The van der Waals surface area contributed by atoms with Crippen molar-refractivity contribution in [2.24, 2.45) is 0 Å². The maximum absolute atomic E-state index is 6.24. The first-order valence-electron chi connectivity index (χ1n) is 6.65. The second kappa shape index (κ2) is 5.88. The third-order valence-electron chi connectivity index (χ3n) is 3.49. The van der Waals surface area contributed by atoms with Crippen LogP contribution in [0.15, 0.2) is 18.5 Å². The number of rotatable bonds is 5. The van der Waals surface area contributed by atoms with Gasteiger partial charge in [-0.2, -0.15) is 0 Å². The molecule has 0 saturated heterocycles. The summed E-state index contributed by atoms with van der Waals surface area (Å²) in [6.45, 7) is 8.21. The second-order valence-electron chi connectivity index (χ2n) is 5.18. The van der Waals surface area contributed by atoms with E-state index < -0.39 is 0 Å². The lowest BCUT2D eigenvalue weighted by molar-refractivity contribution is 0.263. The van der Waals surface area contributed by atoms with Crippen molar-refractivity contribution in [2.45, 2.75) is 38.7 Å². The van der Waals surface area contributed by atoms with Gasteiger partial charge in [-0.25, -0.2) is 4.98 Å². The zero-order valence-electron chi connectivity index (χ0n) is 12.0. The van der Waals surface area contributed by atoms with Crippen LogP contribution in [0.5, 0.6) is 0 Å². The summed E-state index contributed by atoms with van der Waals surface area (Å²) in [6, 6.07) is 2.54. The van der Waals surface area contributed by atoms with Crippen molar-refractivity contribution in [1.29, 1.82) is 0 Å². The van der Waals surface area contributed by atoms with E-state index in [1.807, 2.05) is 13.0 Å². The zero-order valence-corrected chi connectivity index (χ0v) is 12.7. The van der Waals surface area contributed by atoms with Crippen LogP contribution in [0.2, 0.25) is 0 Å². The predicted octanol–water partition coefficient (Wildman–Crippen LogP) is 3.07. The summed E-state index contributed by atoms with van der Waals surface area (Å²) in [5, 5.41) is -0.100. The first-order chi connectivity index (χ1) is 9.00. The van der Waals surface area contributed by atoms with Gasteiger partial charge in [0.25, 0.3) is 0 Å². The van der Waals surface area contributed by atoms with E-state index >= 15 is 0 Å². The van der Waals surface area contributed by atoms with E-state index in [-0.39, 0.29) is 5.38 Å². The summed E-state index contributed by atoms with van der Waals surface area (Å²) in [7, 11) is 2.13. The quantitative estimate of drug-likeness (QED) is 0.790. The van der Waals surface area contributed by atoms with E-state index in [0.29, 0.717) is 6.04 Å². The molecule has 2 aromatic rings. The Morgan fingerprint density at radius 3 is 2.74 bits per heavy atom. The summed E-state index contributed by atoms with van der Waals surface area (Å²) in [5.41, 5.74) is 2.02. The van der Waals surface area contributed by atoms with Crippen LogP contribution in [0.3, 0.4) is 0 Å². The lowest BCUT2D eigenvalue weighted by Gasteiger charge is -2.22. The van der Waals surface area contributed by atoms with Gasteiger partial charge in [-0.05, 0) is 33.9 Å². The van der Waals surface area contributed by atoms with Crippen LogP contribution < -0.4 is 0 Å². The molecule has 5 heteroatoms. The molecule has 1 atom stereocenters. The Morgan fingerprint density at radius 1 is 1.37 bits per heavy atom. The number of alkyl halides is 1. The van der Waals surface area contributed by atoms with Gasteiger partial charge in [0.05, 0.1) is 17.1 Å². The third-order valence-corrected chi connectivity index (χ3v) is 3.69. The Labute approximate surface area is 119 Å². The Morgan fingerprint density at radius 2 is 2.11 bits per heavy atom. The first kappa shape index (κ1) is 14.3. The molecule has 0 aliphatic rings. The molecule has 0 spiro atoms. The highest BCUT2D eigenvalue weighted by Gasteiger charge is 2.15. The standard InChI is InChI=1S/C14H21ClN4/c1-10(2)18(4)7-8-19-13-5-6-16-9-12(13)17-14(19)11(3)15/h5-6,9-11H,7-8H2,1-4H3. The van der Waals surface area contributed by atoms with Crippen molar-refractivity contribution < 1.29 is 0 Å². The number of aromatic nitrogens is 3. The second-order valence-corrected chi connectivity index (χ2v) is 5.83. The third kappa shape index (κ3) is 3.07. The fourth-order valence-corrected chi connectivity index (χ4v) is 2.22. The number of halogens is 1. The first-order valence-corrected chi connectivity index (χ1v) is 7.08. The Kier molecular flexibility index (Phi) is 4.42. The Balaban J connectivity index is 2.31. The largest absolute Gasteiger partial charge is 0.325 e. The van der Waals surface area contributed by atoms with Gasteiger partial charge in [0.1, 0.15) is 11.3 Å². The number of hydrogen-bond donors (Lipinski definition) is 0. The molecule has 4 nitrogen and oxygen atoms in total. The summed E-state index contributed by atoms with van der Waals surface area (Å²) in [6.07, 6.45) is 3.59. The van der Waals surface area contributed by atoms with E-state index in [1.165, 1.54) is 0 Å². The molecule has 0 bridgehead atoms. The lowest BCUT2D eigenvalue weighted by atomic mass is 10.3. The van der Waals surface area contributed by atoms with Crippen LogP contribution in [0.1, 0.15) is 32.0 Å². The zero-order chi connectivity index (χ0) is 14.0. The predicted molar refractivity (Wildman–Crippen MR) is 79.6 cm³/mol. The molecule has 0 aliphatic heterocycles. The fourth-order valence-electron chi connectivity index (χ4n) is 2.05. The Bertz CT molecular complexity index is 547. The van der Waals surface area contributed by atoms with Gasteiger partial charge in [0.2, 0.25) is 0 Å². The number of likely N-dealkylation sites (N-methyl/N-ethyl adjacent to an activating group) is 1. The number of nitrogens with zero attached hydrogens (tertiary/aromatic N) is 4. The topological polar surface area (TPSA) is 34.0 Å². The number of pyridine rings is 1. The van der Waals surface area contributed by atoms with Crippen molar-refractivity contribution in [3.05, 3.63) is 24.3 Å². The van der Waals surface area contributed by atoms with Crippen LogP contribution in [0, 0.1) is 0 Å². The molecule has 104 valence electrons. The van der Waals surface area contributed by atoms with E-state index in [9.17, 15) is 0 Å². The molecule has 0 fully saturated rings. The average molecular weight is 281 g/mol. The van der Waals surface area contributed by atoms with Gasteiger partial charge in [-0.3, -0.25) is 4.98 Å².